The van der Waals surface area contributed by atoms with E-state index in [4.69, 9.17) is 4.42 Å². The highest BCUT2D eigenvalue weighted by Gasteiger charge is 2.09. The van der Waals surface area contributed by atoms with Crippen LogP contribution in [0.25, 0.3) is 0 Å². The van der Waals surface area contributed by atoms with E-state index in [0.29, 0.717) is 11.8 Å². The van der Waals surface area contributed by atoms with Gasteiger partial charge in [-0.3, -0.25) is 0 Å². The summed E-state index contributed by atoms with van der Waals surface area (Å²) in [5, 5.41) is 11.0. The van der Waals surface area contributed by atoms with Crippen molar-refractivity contribution >= 4 is 0 Å². The molecular formula is C9H17N3O. The number of nitrogens with one attached hydrogen (secondary N) is 1. The van der Waals surface area contributed by atoms with Crippen molar-refractivity contribution in [3.63, 3.8) is 0 Å². The summed E-state index contributed by atoms with van der Waals surface area (Å²) in [4.78, 5) is 0. The van der Waals surface area contributed by atoms with Crippen LogP contribution in [0.1, 0.15) is 32.6 Å². The molecular weight excluding hydrogens is 166 g/mol. The van der Waals surface area contributed by atoms with Gasteiger partial charge in [0.25, 0.3) is 0 Å². The predicted octanol–water partition coefficient (Wildman–Crippen LogP) is 1.31. The third kappa shape index (κ3) is 4.03. The Bertz CT molecular complexity index is 262. The van der Waals surface area contributed by atoms with Gasteiger partial charge in [0.1, 0.15) is 0 Å². The van der Waals surface area contributed by atoms with Gasteiger partial charge in [-0.1, -0.05) is 0 Å². The Kier molecular flexibility index (Phi) is 3.03. The van der Waals surface area contributed by atoms with Gasteiger partial charge in [-0.25, -0.2) is 0 Å². The van der Waals surface area contributed by atoms with Crippen LogP contribution in [0.2, 0.25) is 0 Å². The molecule has 74 valence electrons. The predicted molar refractivity (Wildman–Crippen MR) is 50.5 cm³/mol. The quantitative estimate of drug-likeness (QED) is 0.767. The van der Waals surface area contributed by atoms with Crippen molar-refractivity contribution in [3.8, 4) is 0 Å². The van der Waals surface area contributed by atoms with E-state index in [2.05, 4.69) is 36.3 Å². The van der Waals surface area contributed by atoms with Crippen LogP contribution in [0.15, 0.2) is 4.42 Å². The van der Waals surface area contributed by atoms with E-state index >= 15 is 0 Å². The molecule has 0 fully saturated rings. The van der Waals surface area contributed by atoms with E-state index in [1.807, 2.05) is 0 Å². The Morgan fingerprint density at radius 3 is 2.46 bits per heavy atom. The van der Waals surface area contributed by atoms with E-state index in [0.717, 1.165) is 13.0 Å². The summed E-state index contributed by atoms with van der Waals surface area (Å²) in [5.74, 6) is 1.33. The fourth-order valence-electron chi connectivity index (χ4n) is 0.983. The number of rotatable bonds is 3. The first-order chi connectivity index (χ1) is 5.97. The molecule has 0 aliphatic carbocycles. The van der Waals surface area contributed by atoms with E-state index in [-0.39, 0.29) is 5.54 Å². The summed E-state index contributed by atoms with van der Waals surface area (Å²) < 4.78 is 5.24. The highest BCUT2D eigenvalue weighted by molar-refractivity contribution is 4.81. The second-order valence-electron chi connectivity index (χ2n) is 4.14. The Morgan fingerprint density at radius 1 is 1.31 bits per heavy atom. The van der Waals surface area contributed by atoms with Crippen molar-refractivity contribution in [3.05, 3.63) is 11.8 Å². The van der Waals surface area contributed by atoms with Gasteiger partial charge in [0.05, 0.1) is 0 Å². The maximum absolute atomic E-state index is 5.24. The van der Waals surface area contributed by atoms with E-state index in [9.17, 15) is 0 Å². The van der Waals surface area contributed by atoms with Crippen LogP contribution < -0.4 is 5.32 Å². The molecule has 0 amide bonds. The lowest BCUT2D eigenvalue weighted by molar-refractivity contribution is 0.405. The minimum atomic E-state index is 0.148. The number of aromatic nitrogens is 2. The second kappa shape index (κ2) is 3.87. The molecule has 0 spiro atoms. The molecule has 0 aliphatic heterocycles. The Morgan fingerprint density at radius 2 is 2.00 bits per heavy atom. The number of hydrogen-bond donors (Lipinski definition) is 1. The first-order valence-corrected chi connectivity index (χ1v) is 4.51. The highest BCUT2D eigenvalue weighted by Crippen LogP contribution is 2.01. The zero-order chi connectivity index (χ0) is 9.90. The lowest BCUT2D eigenvalue weighted by atomic mass is 10.1. The summed E-state index contributed by atoms with van der Waals surface area (Å²) in [6, 6.07) is 0. The van der Waals surface area contributed by atoms with Crippen LogP contribution in [-0.2, 0) is 6.42 Å². The van der Waals surface area contributed by atoms with Crippen LogP contribution in [0, 0.1) is 6.92 Å². The van der Waals surface area contributed by atoms with E-state index in [1.165, 1.54) is 0 Å². The molecule has 1 rings (SSSR count). The summed E-state index contributed by atoms with van der Waals surface area (Å²) in [7, 11) is 0. The topological polar surface area (TPSA) is 51.0 Å². The fraction of sp³-hybridized carbons (Fsp3) is 0.778. The van der Waals surface area contributed by atoms with Gasteiger partial charge in [0.2, 0.25) is 11.8 Å². The summed E-state index contributed by atoms with van der Waals surface area (Å²) in [5.41, 5.74) is 0.148. The van der Waals surface area contributed by atoms with Gasteiger partial charge >= 0.3 is 0 Å². The Labute approximate surface area is 78.7 Å². The summed E-state index contributed by atoms with van der Waals surface area (Å²) in [6.45, 7) is 9.06. The summed E-state index contributed by atoms with van der Waals surface area (Å²) in [6.07, 6.45) is 0.790. The molecule has 4 heteroatoms. The largest absolute Gasteiger partial charge is 0.426 e. The standard InChI is InChI=1S/C9H17N3O/c1-7-11-12-8(13-7)5-6-10-9(2,3)4/h10H,5-6H2,1-4H3. The van der Waals surface area contributed by atoms with Gasteiger partial charge in [-0.05, 0) is 20.8 Å². The zero-order valence-corrected chi connectivity index (χ0v) is 8.72. The van der Waals surface area contributed by atoms with Crippen molar-refractivity contribution < 1.29 is 4.42 Å². The Balaban J connectivity index is 2.28. The van der Waals surface area contributed by atoms with Gasteiger partial charge < -0.3 is 9.73 Å². The van der Waals surface area contributed by atoms with Crippen LogP contribution in [-0.4, -0.2) is 22.3 Å². The van der Waals surface area contributed by atoms with Gasteiger partial charge in [0.15, 0.2) is 0 Å². The molecule has 1 aromatic heterocycles. The second-order valence-corrected chi connectivity index (χ2v) is 4.14. The molecule has 0 saturated carbocycles. The lowest BCUT2D eigenvalue weighted by Gasteiger charge is -2.19. The molecule has 4 nitrogen and oxygen atoms in total. The van der Waals surface area contributed by atoms with Crippen molar-refractivity contribution in [2.45, 2.75) is 39.7 Å². The fourth-order valence-corrected chi connectivity index (χ4v) is 0.983. The number of hydrogen-bond acceptors (Lipinski definition) is 4. The first kappa shape index (κ1) is 10.2. The zero-order valence-electron chi connectivity index (χ0n) is 8.72. The molecule has 1 aromatic rings. The third-order valence-electron chi connectivity index (χ3n) is 1.56. The molecule has 13 heavy (non-hydrogen) atoms. The van der Waals surface area contributed by atoms with Crippen LogP contribution in [0.5, 0.6) is 0 Å². The average molecular weight is 183 g/mol. The van der Waals surface area contributed by atoms with E-state index in [1.54, 1.807) is 6.92 Å². The molecule has 0 aliphatic rings. The SMILES string of the molecule is Cc1nnc(CCNC(C)(C)C)o1. The number of aryl methyl sites for hydroxylation is 1. The van der Waals surface area contributed by atoms with Crippen LogP contribution in [0.3, 0.4) is 0 Å². The van der Waals surface area contributed by atoms with Crippen molar-refractivity contribution in [2.75, 3.05) is 6.54 Å². The monoisotopic (exact) mass is 183 g/mol. The molecule has 0 bridgehead atoms. The molecule has 0 radical (unpaired) electrons. The van der Waals surface area contributed by atoms with Crippen molar-refractivity contribution in [2.24, 2.45) is 0 Å². The first-order valence-electron chi connectivity index (χ1n) is 4.51. The van der Waals surface area contributed by atoms with Gasteiger partial charge in [0, 0.05) is 25.4 Å². The smallest absolute Gasteiger partial charge is 0.217 e. The Hall–Kier alpha value is -0.900. The van der Waals surface area contributed by atoms with Gasteiger partial charge in [-0.2, -0.15) is 0 Å². The average Bonchev–Trinajstić information content (AvgIpc) is 2.33. The minimum Gasteiger partial charge on any atom is -0.426 e. The highest BCUT2D eigenvalue weighted by atomic mass is 16.4. The van der Waals surface area contributed by atoms with Crippen molar-refractivity contribution in [1.82, 2.24) is 15.5 Å². The third-order valence-corrected chi connectivity index (χ3v) is 1.56. The molecule has 0 saturated heterocycles. The lowest BCUT2D eigenvalue weighted by Crippen LogP contribution is -2.37. The normalized spacial score (nSPS) is 12.0. The molecule has 0 aromatic carbocycles. The van der Waals surface area contributed by atoms with Crippen molar-refractivity contribution in [1.29, 1.82) is 0 Å². The van der Waals surface area contributed by atoms with E-state index < -0.39 is 0 Å². The molecule has 1 heterocycles. The summed E-state index contributed by atoms with van der Waals surface area (Å²) >= 11 is 0. The number of nitrogens with zero attached hydrogens (tertiary/aromatic N) is 2. The van der Waals surface area contributed by atoms with Crippen LogP contribution in [0.4, 0.5) is 0 Å². The maximum atomic E-state index is 5.24. The van der Waals surface area contributed by atoms with Crippen LogP contribution >= 0.6 is 0 Å². The van der Waals surface area contributed by atoms with Gasteiger partial charge in [-0.15, -0.1) is 10.2 Å². The molecule has 1 N–H and O–H groups in total. The minimum absolute atomic E-state index is 0.148. The maximum Gasteiger partial charge on any atom is 0.217 e. The molecule has 0 atom stereocenters. The molecule has 0 unspecified atom stereocenters.